The molecule has 0 spiro atoms. The zero-order chi connectivity index (χ0) is 22.0. The number of nitrogens with one attached hydrogen (secondary N) is 3. The largest absolute Gasteiger partial charge is 0.508 e. The summed E-state index contributed by atoms with van der Waals surface area (Å²) in [6.45, 7) is 0.317. The van der Waals surface area contributed by atoms with Gasteiger partial charge in [0.1, 0.15) is 11.8 Å². The van der Waals surface area contributed by atoms with Crippen molar-refractivity contribution < 1.29 is 23.1 Å². The topological polar surface area (TPSA) is 125 Å². The lowest BCUT2D eigenvalue weighted by atomic mass is 10.2. The molecule has 10 heteroatoms. The summed E-state index contributed by atoms with van der Waals surface area (Å²) in [5.41, 5.74) is 0.382. The number of sulfonamides is 1. The van der Waals surface area contributed by atoms with Crippen LogP contribution in [0, 0.1) is 0 Å². The summed E-state index contributed by atoms with van der Waals surface area (Å²) in [6, 6.07) is 12.7. The van der Waals surface area contributed by atoms with Gasteiger partial charge in [0, 0.05) is 18.7 Å². The SMILES string of the molecule is CSCCC(NS(=O)(=O)c1ccccc1)C(=O)NCCNC(=O)c1ccc(O)cc1. The Kier molecular flexibility index (Phi) is 9.15. The molecule has 2 amide bonds. The maximum atomic E-state index is 12.5. The number of amides is 2. The average Bonchev–Trinajstić information content (AvgIpc) is 2.75. The molecule has 0 fully saturated rings. The zero-order valence-electron chi connectivity index (χ0n) is 16.5. The normalized spacial score (nSPS) is 12.2. The van der Waals surface area contributed by atoms with Gasteiger partial charge in [0.25, 0.3) is 5.91 Å². The van der Waals surface area contributed by atoms with Crippen LogP contribution >= 0.6 is 11.8 Å². The van der Waals surface area contributed by atoms with Gasteiger partial charge in [0.05, 0.1) is 4.90 Å². The quantitative estimate of drug-likeness (QED) is 0.382. The first kappa shape index (κ1) is 23.7. The van der Waals surface area contributed by atoms with Gasteiger partial charge in [-0.1, -0.05) is 18.2 Å². The van der Waals surface area contributed by atoms with Crippen LogP contribution in [0.2, 0.25) is 0 Å². The molecule has 0 aliphatic heterocycles. The second-order valence-corrected chi connectivity index (χ2v) is 9.06. The minimum Gasteiger partial charge on any atom is -0.508 e. The number of benzene rings is 2. The lowest BCUT2D eigenvalue weighted by Gasteiger charge is -2.18. The van der Waals surface area contributed by atoms with Crippen LogP contribution in [-0.4, -0.2) is 56.5 Å². The summed E-state index contributed by atoms with van der Waals surface area (Å²) in [4.78, 5) is 24.6. The molecule has 0 aromatic heterocycles. The molecule has 30 heavy (non-hydrogen) atoms. The molecule has 0 saturated heterocycles. The molecule has 2 aromatic rings. The molecule has 8 nitrogen and oxygen atoms in total. The number of hydrogen-bond acceptors (Lipinski definition) is 6. The van der Waals surface area contributed by atoms with E-state index in [9.17, 15) is 23.1 Å². The Hall–Kier alpha value is -2.56. The summed E-state index contributed by atoms with van der Waals surface area (Å²) >= 11 is 1.51. The second-order valence-electron chi connectivity index (χ2n) is 6.36. The molecule has 162 valence electrons. The third-order valence-corrected chi connectivity index (χ3v) is 6.25. The van der Waals surface area contributed by atoms with E-state index in [4.69, 9.17) is 0 Å². The van der Waals surface area contributed by atoms with Crippen molar-refractivity contribution in [3.05, 3.63) is 60.2 Å². The van der Waals surface area contributed by atoms with Gasteiger partial charge >= 0.3 is 0 Å². The third-order valence-electron chi connectivity index (χ3n) is 4.12. The Bertz CT molecular complexity index is 935. The van der Waals surface area contributed by atoms with Crippen molar-refractivity contribution in [3.8, 4) is 5.75 Å². The van der Waals surface area contributed by atoms with Crippen molar-refractivity contribution in [1.29, 1.82) is 0 Å². The van der Waals surface area contributed by atoms with Gasteiger partial charge in [0.15, 0.2) is 0 Å². The van der Waals surface area contributed by atoms with Crippen LogP contribution in [0.5, 0.6) is 5.75 Å². The molecule has 0 heterocycles. The number of thioether (sulfide) groups is 1. The van der Waals surface area contributed by atoms with E-state index >= 15 is 0 Å². The molecular weight excluding hydrogens is 426 g/mol. The Morgan fingerprint density at radius 2 is 1.63 bits per heavy atom. The minimum absolute atomic E-state index is 0.0630. The van der Waals surface area contributed by atoms with Gasteiger partial charge in [-0.3, -0.25) is 9.59 Å². The highest BCUT2D eigenvalue weighted by Crippen LogP contribution is 2.11. The second kappa shape index (κ2) is 11.6. The number of aromatic hydroxyl groups is 1. The number of rotatable bonds is 11. The fourth-order valence-corrected chi connectivity index (χ4v) is 4.26. The van der Waals surface area contributed by atoms with Gasteiger partial charge < -0.3 is 15.7 Å². The first-order valence-electron chi connectivity index (χ1n) is 9.25. The fraction of sp³-hybridized carbons (Fsp3) is 0.300. The third kappa shape index (κ3) is 7.36. The first-order chi connectivity index (χ1) is 14.3. The monoisotopic (exact) mass is 451 g/mol. The Morgan fingerprint density at radius 1 is 1.00 bits per heavy atom. The van der Waals surface area contributed by atoms with E-state index < -0.39 is 22.0 Å². The number of hydrogen-bond donors (Lipinski definition) is 4. The van der Waals surface area contributed by atoms with Gasteiger partial charge in [0.2, 0.25) is 15.9 Å². The van der Waals surface area contributed by atoms with E-state index in [1.807, 2.05) is 6.26 Å². The molecule has 0 aliphatic carbocycles. The predicted molar refractivity (Wildman–Crippen MR) is 117 cm³/mol. The Morgan fingerprint density at radius 3 is 2.27 bits per heavy atom. The smallest absolute Gasteiger partial charge is 0.251 e. The highest BCUT2D eigenvalue weighted by Gasteiger charge is 2.25. The Balaban J connectivity index is 1.88. The molecular formula is C20H25N3O5S2. The molecule has 0 aliphatic rings. The van der Waals surface area contributed by atoms with Crippen LogP contribution in [-0.2, 0) is 14.8 Å². The van der Waals surface area contributed by atoms with Crippen molar-refractivity contribution in [2.45, 2.75) is 17.4 Å². The van der Waals surface area contributed by atoms with E-state index in [-0.39, 0.29) is 29.6 Å². The van der Waals surface area contributed by atoms with E-state index in [2.05, 4.69) is 15.4 Å². The summed E-state index contributed by atoms with van der Waals surface area (Å²) in [6.07, 6.45) is 2.21. The number of carbonyl (C=O) groups excluding carboxylic acids is 2. The van der Waals surface area contributed by atoms with E-state index in [1.165, 1.54) is 48.2 Å². The molecule has 2 aromatic carbocycles. The van der Waals surface area contributed by atoms with Crippen LogP contribution in [0.1, 0.15) is 16.8 Å². The highest BCUT2D eigenvalue weighted by molar-refractivity contribution is 7.98. The van der Waals surface area contributed by atoms with E-state index in [1.54, 1.807) is 18.2 Å². The van der Waals surface area contributed by atoms with E-state index in [0.717, 1.165) is 0 Å². The molecule has 0 bridgehead atoms. The lowest BCUT2D eigenvalue weighted by molar-refractivity contribution is -0.122. The summed E-state index contributed by atoms with van der Waals surface area (Å²) < 4.78 is 27.5. The predicted octanol–water partition coefficient (Wildman–Crippen LogP) is 1.34. The molecule has 1 atom stereocenters. The molecule has 0 radical (unpaired) electrons. The Labute approximate surface area is 180 Å². The fourth-order valence-electron chi connectivity index (χ4n) is 2.53. The van der Waals surface area contributed by atoms with Gasteiger partial charge in [-0.15, -0.1) is 0 Å². The molecule has 1 unspecified atom stereocenters. The number of phenolic OH excluding ortho intramolecular Hbond substituents is 1. The molecule has 4 N–H and O–H groups in total. The van der Waals surface area contributed by atoms with E-state index in [0.29, 0.717) is 17.7 Å². The van der Waals surface area contributed by atoms with Gasteiger partial charge in [-0.2, -0.15) is 16.5 Å². The summed E-state index contributed by atoms with van der Waals surface area (Å²) in [5.74, 6) is -0.129. The number of carbonyl (C=O) groups is 2. The van der Waals surface area contributed by atoms with Crippen LogP contribution in [0.3, 0.4) is 0 Å². The van der Waals surface area contributed by atoms with Crippen molar-refractivity contribution in [2.24, 2.45) is 0 Å². The standard InChI is InChI=1S/C20H25N3O5S2/c1-29-14-11-18(23-30(27,28)17-5-3-2-4-6-17)20(26)22-13-12-21-19(25)15-7-9-16(24)10-8-15/h2-10,18,23-24H,11-14H2,1H3,(H,21,25)(H,22,26). The molecule has 2 rings (SSSR count). The van der Waals surface area contributed by atoms with Gasteiger partial charge in [-0.25, -0.2) is 8.42 Å². The first-order valence-corrected chi connectivity index (χ1v) is 12.1. The average molecular weight is 452 g/mol. The lowest BCUT2D eigenvalue weighted by Crippen LogP contribution is -2.48. The maximum absolute atomic E-state index is 12.5. The van der Waals surface area contributed by atoms with Crippen molar-refractivity contribution in [1.82, 2.24) is 15.4 Å². The maximum Gasteiger partial charge on any atom is 0.251 e. The number of phenols is 1. The van der Waals surface area contributed by atoms with Gasteiger partial charge in [-0.05, 0) is 54.8 Å². The zero-order valence-corrected chi connectivity index (χ0v) is 18.1. The highest BCUT2D eigenvalue weighted by atomic mass is 32.2. The van der Waals surface area contributed by atoms with Crippen LogP contribution < -0.4 is 15.4 Å². The minimum atomic E-state index is -3.83. The molecule has 0 saturated carbocycles. The van der Waals surface area contributed by atoms with Crippen LogP contribution in [0.25, 0.3) is 0 Å². The van der Waals surface area contributed by atoms with Crippen molar-refractivity contribution in [2.75, 3.05) is 25.1 Å². The summed E-state index contributed by atoms with van der Waals surface area (Å²) in [5, 5.41) is 14.6. The van der Waals surface area contributed by atoms with Crippen molar-refractivity contribution >= 4 is 33.6 Å². The van der Waals surface area contributed by atoms with Crippen LogP contribution in [0.4, 0.5) is 0 Å². The van der Waals surface area contributed by atoms with Crippen molar-refractivity contribution in [3.63, 3.8) is 0 Å². The van der Waals surface area contributed by atoms with Crippen LogP contribution in [0.15, 0.2) is 59.5 Å². The summed E-state index contributed by atoms with van der Waals surface area (Å²) in [7, 11) is -3.83.